The molecule has 5 heteroatoms. The van der Waals surface area contributed by atoms with E-state index >= 15 is 0 Å². The maximum absolute atomic E-state index is 11.0. The molecule has 3 aromatic rings. The minimum atomic E-state index is 0.700. The number of anilines is 1. The fourth-order valence-electron chi connectivity index (χ4n) is 3.00. The quantitative estimate of drug-likeness (QED) is 0.505. The molecule has 124 valence electrons. The molecule has 0 fully saturated rings. The summed E-state index contributed by atoms with van der Waals surface area (Å²) in [5.74, 6) is 0.756. The van der Waals surface area contributed by atoms with Gasteiger partial charge in [0, 0.05) is 21.4 Å². The first kappa shape index (κ1) is 16.5. The number of thioether (sulfide) groups is 1. The van der Waals surface area contributed by atoms with Gasteiger partial charge in [0.1, 0.15) is 5.75 Å². The number of amides is 1. The van der Waals surface area contributed by atoms with E-state index in [9.17, 15) is 4.79 Å². The number of rotatable bonds is 6. The van der Waals surface area contributed by atoms with E-state index in [4.69, 9.17) is 4.74 Å². The second-order valence-electron chi connectivity index (χ2n) is 5.42. The number of aryl methyl sites for hydroxylation is 1. The van der Waals surface area contributed by atoms with Crippen molar-refractivity contribution >= 4 is 34.8 Å². The number of hydrogen-bond donors (Lipinski definition) is 2. The highest BCUT2D eigenvalue weighted by molar-refractivity contribution is 7.98. The Kier molecular flexibility index (Phi) is 4.81. The maximum atomic E-state index is 11.0. The summed E-state index contributed by atoms with van der Waals surface area (Å²) in [5, 5.41) is 4.01. The van der Waals surface area contributed by atoms with Gasteiger partial charge in [0.15, 0.2) is 0 Å². The molecule has 1 amide bonds. The first-order valence-corrected chi connectivity index (χ1v) is 9.01. The van der Waals surface area contributed by atoms with Gasteiger partial charge in [-0.1, -0.05) is 6.92 Å². The van der Waals surface area contributed by atoms with Gasteiger partial charge in [-0.25, -0.2) is 0 Å². The zero-order chi connectivity index (χ0) is 17.1. The van der Waals surface area contributed by atoms with Crippen molar-refractivity contribution in [2.24, 2.45) is 0 Å². The van der Waals surface area contributed by atoms with Gasteiger partial charge in [-0.3, -0.25) is 4.79 Å². The van der Waals surface area contributed by atoms with Crippen molar-refractivity contribution in [1.29, 1.82) is 0 Å². The molecule has 3 rings (SSSR count). The molecule has 0 spiro atoms. The molecule has 0 bridgehead atoms. The third-order valence-corrected chi connectivity index (χ3v) is 4.90. The Morgan fingerprint density at radius 1 is 1.25 bits per heavy atom. The van der Waals surface area contributed by atoms with Crippen LogP contribution in [0.1, 0.15) is 12.5 Å². The molecule has 24 heavy (non-hydrogen) atoms. The SMILES string of the molecule is CCc1c(-c2cc(OC)ccc2NC=O)[nH]c2ccc(SC)cc12. The highest BCUT2D eigenvalue weighted by Crippen LogP contribution is 2.37. The molecular formula is C19H20N2O2S. The first-order valence-electron chi connectivity index (χ1n) is 7.79. The molecule has 0 unspecified atom stereocenters. The fourth-order valence-corrected chi connectivity index (χ4v) is 3.44. The summed E-state index contributed by atoms with van der Waals surface area (Å²) in [6.07, 6.45) is 3.67. The molecule has 0 radical (unpaired) electrons. The number of hydrogen-bond acceptors (Lipinski definition) is 3. The van der Waals surface area contributed by atoms with Crippen LogP contribution in [0.25, 0.3) is 22.2 Å². The van der Waals surface area contributed by atoms with Crippen LogP contribution < -0.4 is 10.1 Å². The van der Waals surface area contributed by atoms with Crippen LogP contribution in [0.5, 0.6) is 5.75 Å². The van der Waals surface area contributed by atoms with Crippen LogP contribution >= 0.6 is 11.8 Å². The van der Waals surface area contributed by atoms with E-state index in [1.165, 1.54) is 15.8 Å². The van der Waals surface area contributed by atoms with Gasteiger partial charge in [-0.05, 0) is 54.6 Å². The lowest BCUT2D eigenvalue weighted by molar-refractivity contribution is -0.105. The van der Waals surface area contributed by atoms with Gasteiger partial charge in [0.25, 0.3) is 0 Å². The molecule has 0 atom stereocenters. The highest BCUT2D eigenvalue weighted by Gasteiger charge is 2.16. The van der Waals surface area contributed by atoms with Crippen LogP contribution in [-0.2, 0) is 11.2 Å². The number of benzene rings is 2. The molecule has 0 saturated heterocycles. The van der Waals surface area contributed by atoms with Gasteiger partial charge in [0.05, 0.1) is 18.5 Å². The average molecular weight is 340 g/mol. The Balaban J connectivity index is 2.27. The van der Waals surface area contributed by atoms with E-state index < -0.39 is 0 Å². The zero-order valence-electron chi connectivity index (χ0n) is 14.0. The van der Waals surface area contributed by atoms with E-state index in [-0.39, 0.29) is 0 Å². The highest BCUT2D eigenvalue weighted by atomic mass is 32.2. The number of carbonyl (C=O) groups excluding carboxylic acids is 1. The van der Waals surface area contributed by atoms with Crippen LogP contribution in [0.15, 0.2) is 41.3 Å². The summed E-state index contributed by atoms with van der Waals surface area (Å²) in [7, 11) is 1.64. The molecule has 0 aliphatic heterocycles. The second kappa shape index (κ2) is 7.01. The van der Waals surface area contributed by atoms with Crippen LogP contribution in [0.4, 0.5) is 5.69 Å². The lowest BCUT2D eigenvalue weighted by Crippen LogP contribution is -1.98. The summed E-state index contributed by atoms with van der Waals surface area (Å²) in [5.41, 5.74) is 5.05. The molecule has 2 aromatic carbocycles. The van der Waals surface area contributed by atoms with Gasteiger partial charge < -0.3 is 15.0 Å². The predicted octanol–water partition coefficient (Wildman–Crippen LogP) is 4.70. The van der Waals surface area contributed by atoms with E-state index in [1.54, 1.807) is 18.9 Å². The largest absolute Gasteiger partial charge is 0.497 e. The average Bonchev–Trinajstić information content (AvgIpc) is 2.99. The zero-order valence-corrected chi connectivity index (χ0v) is 14.8. The fraction of sp³-hybridized carbons (Fsp3) is 0.211. The second-order valence-corrected chi connectivity index (χ2v) is 6.30. The monoisotopic (exact) mass is 340 g/mol. The first-order chi connectivity index (χ1) is 11.7. The summed E-state index contributed by atoms with van der Waals surface area (Å²) in [4.78, 5) is 15.7. The van der Waals surface area contributed by atoms with E-state index in [0.29, 0.717) is 6.41 Å². The lowest BCUT2D eigenvalue weighted by Gasteiger charge is -2.11. The number of ether oxygens (including phenoxy) is 1. The smallest absolute Gasteiger partial charge is 0.211 e. The Bertz CT molecular complexity index is 886. The molecule has 2 N–H and O–H groups in total. The standard InChI is InChI=1S/C19H20N2O2S/c1-4-14-15-10-13(24-3)6-8-18(15)21-19(14)16-9-12(23-2)5-7-17(16)20-11-22/h5-11,21H,4H2,1-3H3,(H,20,22). The van der Waals surface area contributed by atoms with Crippen molar-refractivity contribution in [2.45, 2.75) is 18.2 Å². The van der Waals surface area contributed by atoms with Crippen LogP contribution in [-0.4, -0.2) is 24.8 Å². The Morgan fingerprint density at radius 3 is 2.75 bits per heavy atom. The van der Waals surface area contributed by atoms with Crippen molar-refractivity contribution < 1.29 is 9.53 Å². The molecule has 0 saturated carbocycles. The van der Waals surface area contributed by atoms with Crippen molar-refractivity contribution in [3.8, 4) is 17.0 Å². The number of carbonyl (C=O) groups is 1. The van der Waals surface area contributed by atoms with Crippen molar-refractivity contribution in [3.63, 3.8) is 0 Å². The van der Waals surface area contributed by atoms with E-state index in [0.717, 1.165) is 34.6 Å². The normalized spacial score (nSPS) is 10.8. The molecule has 1 aromatic heterocycles. The van der Waals surface area contributed by atoms with Gasteiger partial charge in [-0.15, -0.1) is 11.8 Å². The van der Waals surface area contributed by atoms with E-state index in [2.05, 4.69) is 41.7 Å². The van der Waals surface area contributed by atoms with Crippen molar-refractivity contribution in [1.82, 2.24) is 4.98 Å². The Labute approximate surface area is 145 Å². The minimum Gasteiger partial charge on any atom is -0.497 e. The Morgan fingerprint density at radius 2 is 2.08 bits per heavy atom. The summed E-state index contributed by atoms with van der Waals surface area (Å²) >= 11 is 1.73. The van der Waals surface area contributed by atoms with Gasteiger partial charge in [-0.2, -0.15) is 0 Å². The third kappa shape index (κ3) is 2.87. The maximum Gasteiger partial charge on any atom is 0.211 e. The van der Waals surface area contributed by atoms with Crippen LogP contribution in [0, 0.1) is 0 Å². The summed E-state index contributed by atoms with van der Waals surface area (Å²) in [6.45, 7) is 2.14. The molecule has 1 heterocycles. The molecule has 4 nitrogen and oxygen atoms in total. The molecule has 0 aliphatic carbocycles. The number of H-pyrrole nitrogens is 1. The van der Waals surface area contributed by atoms with E-state index in [1.807, 2.05) is 18.2 Å². The summed E-state index contributed by atoms with van der Waals surface area (Å²) in [6, 6.07) is 12.1. The van der Waals surface area contributed by atoms with Gasteiger partial charge >= 0.3 is 0 Å². The Hall–Kier alpha value is -2.40. The third-order valence-electron chi connectivity index (χ3n) is 4.18. The topological polar surface area (TPSA) is 54.1 Å². The van der Waals surface area contributed by atoms with Crippen LogP contribution in [0.2, 0.25) is 0 Å². The number of methoxy groups -OCH3 is 1. The number of aromatic nitrogens is 1. The molecule has 0 aliphatic rings. The number of fused-ring (bicyclic) bond motifs is 1. The van der Waals surface area contributed by atoms with Crippen molar-refractivity contribution in [3.05, 3.63) is 42.0 Å². The van der Waals surface area contributed by atoms with Crippen molar-refractivity contribution in [2.75, 3.05) is 18.7 Å². The number of nitrogens with one attached hydrogen (secondary N) is 2. The molecular weight excluding hydrogens is 320 g/mol. The van der Waals surface area contributed by atoms with Crippen LogP contribution in [0.3, 0.4) is 0 Å². The minimum absolute atomic E-state index is 0.700. The predicted molar refractivity (Wildman–Crippen MR) is 101 cm³/mol. The number of aromatic amines is 1. The van der Waals surface area contributed by atoms with Gasteiger partial charge in [0.2, 0.25) is 6.41 Å². The summed E-state index contributed by atoms with van der Waals surface area (Å²) < 4.78 is 5.36. The lowest BCUT2D eigenvalue weighted by atomic mass is 10.0.